The zero-order valence-electron chi connectivity index (χ0n) is 17.4. The van der Waals surface area contributed by atoms with Crippen LogP contribution in [0.15, 0.2) is 54.6 Å². The lowest BCUT2D eigenvalue weighted by molar-refractivity contribution is -0.129. The maximum Gasteiger partial charge on any atom is 0.242 e. The quantitative estimate of drug-likeness (QED) is 0.693. The van der Waals surface area contributed by atoms with E-state index in [-0.39, 0.29) is 23.7 Å². The second-order valence-electron chi connectivity index (χ2n) is 8.04. The average Bonchev–Trinajstić information content (AvgIpc) is 2.66. The number of aryl methyl sites for hydroxylation is 1. The summed E-state index contributed by atoms with van der Waals surface area (Å²) in [5.74, 6) is -0.248. The molecule has 0 spiro atoms. The SMILES string of the molecule is CCCC(NC(=O)Cc1ccccc1)C(=O)NCC(C)(C)c1cccc(C)c1. The Labute approximate surface area is 168 Å². The van der Waals surface area contributed by atoms with Gasteiger partial charge in [0, 0.05) is 12.0 Å². The molecule has 0 fully saturated rings. The van der Waals surface area contributed by atoms with E-state index in [4.69, 9.17) is 0 Å². The third-order valence-corrected chi connectivity index (χ3v) is 4.94. The first-order chi connectivity index (χ1) is 13.3. The molecule has 0 heterocycles. The summed E-state index contributed by atoms with van der Waals surface area (Å²) in [4.78, 5) is 25.1. The summed E-state index contributed by atoms with van der Waals surface area (Å²) in [5, 5.41) is 5.94. The first-order valence-corrected chi connectivity index (χ1v) is 10.00. The molecule has 0 aliphatic carbocycles. The second kappa shape index (κ2) is 10.1. The number of nitrogens with one attached hydrogen (secondary N) is 2. The van der Waals surface area contributed by atoms with Gasteiger partial charge in [-0.05, 0) is 24.5 Å². The largest absolute Gasteiger partial charge is 0.353 e. The van der Waals surface area contributed by atoms with Crippen molar-refractivity contribution >= 4 is 11.8 Å². The molecule has 28 heavy (non-hydrogen) atoms. The lowest BCUT2D eigenvalue weighted by Crippen LogP contribution is -2.49. The first kappa shape index (κ1) is 21.7. The van der Waals surface area contributed by atoms with Crippen molar-refractivity contribution in [3.05, 3.63) is 71.3 Å². The van der Waals surface area contributed by atoms with Crippen LogP contribution in [0.4, 0.5) is 0 Å². The van der Waals surface area contributed by atoms with Gasteiger partial charge in [0.15, 0.2) is 0 Å². The smallest absolute Gasteiger partial charge is 0.242 e. The van der Waals surface area contributed by atoms with E-state index in [9.17, 15) is 9.59 Å². The summed E-state index contributed by atoms with van der Waals surface area (Å²) in [7, 11) is 0. The highest BCUT2D eigenvalue weighted by molar-refractivity contribution is 5.88. The number of carbonyl (C=O) groups is 2. The highest BCUT2D eigenvalue weighted by Gasteiger charge is 2.25. The minimum atomic E-state index is -0.505. The Morgan fingerprint density at radius 3 is 2.39 bits per heavy atom. The molecule has 150 valence electrons. The Bertz CT molecular complexity index is 784. The van der Waals surface area contributed by atoms with Crippen LogP contribution in [0.25, 0.3) is 0 Å². The van der Waals surface area contributed by atoms with Gasteiger partial charge in [0.2, 0.25) is 11.8 Å². The molecule has 4 heteroatoms. The van der Waals surface area contributed by atoms with Crippen LogP contribution in [0.5, 0.6) is 0 Å². The third-order valence-electron chi connectivity index (χ3n) is 4.94. The van der Waals surface area contributed by atoms with Crippen molar-refractivity contribution in [2.24, 2.45) is 0 Å². The molecule has 1 atom stereocenters. The van der Waals surface area contributed by atoms with E-state index < -0.39 is 6.04 Å². The van der Waals surface area contributed by atoms with E-state index >= 15 is 0 Å². The summed E-state index contributed by atoms with van der Waals surface area (Å²) < 4.78 is 0. The van der Waals surface area contributed by atoms with Crippen LogP contribution >= 0.6 is 0 Å². The van der Waals surface area contributed by atoms with Gasteiger partial charge in [-0.3, -0.25) is 9.59 Å². The molecule has 0 saturated carbocycles. The van der Waals surface area contributed by atoms with Crippen LogP contribution in [0.2, 0.25) is 0 Å². The molecule has 1 unspecified atom stereocenters. The zero-order chi connectivity index (χ0) is 20.6. The summed E-state index contributed by atoms with van der Waals surface area (Å²) >= 11 is 0. The van der Waals surface area contributed by atoms with Crippen molar-refractivity contribution < 1.29 is 9.59 Å². The molecular weight excluding hydrogens is 348 g/mol. The molecule has 0 saturated heterocycles. The summed E-state index contributed by atoms with van der Waals surface area (Å²) in [6.45, 7) is 8.83. The standard InChI is InChI=1S/C24H32N2O2/c1-5-10-21(26-22(27)16-19-12-7-6-8-13-19)23(28)25-17-24(3,4)20-14-9-11-18(2)15-20/h6-9,11-15,21H,5,10,16-17H2,1-4H3,(H,25,28)(H,26,27). The molecule has 0 bridgehead atoms. The molecule has 0 aliphatic rings. The molecule has 2 aromatic carbocycles. The maximum absolute atomic E-state index is 12.7. The van der Waals surface area contributed by atoms with Gasteiger partial charge in [-0.2, -0.15) is 0 Å². The second-order valence-corrected chi connectivity index (χ2v) is 8.04. The summed E-state index contributed by atoms with van der Waals surface area (Å²) in [5.41, 5.74) is 3.14. The Balaban J connectivity index is 1.95. The van der Waals surface area contributed by atoms with E-state index in [1.807, 2.05) is 43.3 Å². The van der Waals surface area contributed by atoms with E-state index in [1.165, 1.54) is 11.1 Å². The predicted octanol–water partition coefficient (Wildman–Crippen LogP) is 3.92. The molecule has 2 amide bonds. The molecule has 0 aromatic heterocycles. The fraction of sp³-hybridized carbons (Fsp3) is 0.417. The molecule has 4 nitrogen and oxygen atoms in total. The topological polar surface area (TPSA) is 58.2 Å². The van der Waals surface area contributed by atoms with Gasteiger partial charge in [-0.1, -0.05) is 87.4 Å². The lowest BCUT2D eigenvalue weighted by Gasteiger charge is -2.27. The Hall–Kier alpha value is -2.62. The van der Waals surface area contributed by atoms with Crippen molar-refractivity contribution in [2.45, 2.75) is 58.4 Å². The Morgan fingerprint density at radius 2 is 1.75 bits per heavy atom. The third kappa shape index (κ3) is 6.52. The first-order valence-electron chi connectivity index (χ1n) is 10.00. The number of rotatable bonds is 9. The Kier molecular flexibility index (Phi) is 7.80. The minimum absolute atomic E-state index is 0.121. The van der Waals surface area contributed by atoms with E-state index in [0.29, 0.717) is 13.0 Å². The molecular formula is C24H32N2O2. The number of carbonyl (C=O) groups excluding carboxylic acids is 2. The monoisotopic (exact) mass is 380 g/mol. The fourth-order valence-corrected chi connectivity index (χ4v) is 3.18. The van der Waals surface area contributed by atoms with Gasteiger partial charge in [0.05, 0.1) is 6.42 Å². The van der Waals surface area contributed by atoms with Crippen molar-refractivity contribution in [2.75, 3.05) is 6.54 Å². The van der Waals surface area contributed by atoms with Gasteiger partial charge >= 0.3 is 0 Å². The highest BCUT2D eigenvalue weighted by atomic mass is 16.2. The average molecular weight is 381 g/mol. The highest BCUT2D eigenvalue weighted by Crippen LogP contribution is 2.23. The molecule has 2 rings (SSSR count). The maximum atomic E-state index is 12.7. The summed E-state index contributed by atoms with van der Waals surface area (Å²) in [6.07, 6.45) is 1.73. The predicted molar refractivity (Wildman–Crippen MR) is 114 cm³/mol. The number of benzene rings is 2. The van der Waals surface area contributed by atoms with Gasteiger partial charge < -0.3 is 10.6 Å². The van der Waals surface area contributed by atoms with Gasteiger partial charge in [-0.25, -0.2) is 0 Å². The van der Waals surface area contributed by atoms with Crippen molar-refractivity contribution in [3.8, 4) is 0 Å². The van der Waals surface area contributed by atoms with E-state index in [0.717, 1.165) is 12.0 Å². The normalized spacial score (nSPS) is 12.3. The molecule has 2 N–H and O–H groups in total. The molecule has 0 radical (unpaired) electrons. The van der Waals surface area contributed by atoms with Gasteiger partial charge in [-0.15, -0.1) is 0 Å². The van der Waals surface area contributed by atoms with Crippen LogP contribution < -0.4 is 10.6 Å². The summed E-state index contributed by atoms with van der Waals surface area (Å²) in [6, 6.07) is 17.4. The zero-order valence-corrected chi connectivity index (χ0v) is 17.4. The van der Waals surface area contributed by atoms with Crippen molar-refractivity contribution in [1.29, 1.82) is 0 Å². The van der Waals surface area contributed by atoms with Crippen LogP contribution in [-0.2, 0) is 21.4 Å². The number of hydrogen-bond donors (Lipinski definition) is 2. The van der Waals surface area contributed by atoms with Crippen LogP contribution in [0, 0.1) is 6.92 Å². The number of amides is 2. The fourth-order valence-electron chi connectivity index (χ4n) is 3.18. The lowest BCUT2D eigenvalue weighted by atomic mass is 9.84. The Morgan fingerprint density at radius 1 is 1.04 bits per heavy atom. The van der Waals surface area contributed by atoms with Crippen LogP contribution in [0.3, 0.4) is 0 Å². The molecule has 2 aromatic rings. The van der Waals surface area contributed by atoms with Crippen molar-refractivity contribution in [1.82, 2.24) is 10.6 Å². The number of hydrogen-bond acceptors (Lipinski definition) is 2. The van der Waals surface area contributed by atoms with Gasteiger partial charge in [0.1, 0.15) is 6.04 Å². The van der Waals surface area contributed by atoms with Crippen molar-refractivity contribution in [3.63, 3.8) is 0 Å². The van der Waals surface area contributed by atoms with E-state index in [2.05, 4.69) is 49.6 Å². The van der Waals surface area contributed by atoms with Crippen LogP contribution in [0.1, 0.15) is 50.3 Å². The van der Waals surface area contributed by atoms with E-state index in [1.54, 1.807) is 0 Å². The molecule has 0 aliphatic heterocycles. The van der Waals surface area contributed by atoms with Gasteiger partial charge in [0.25, 0.3) is 0 Å². The van der Waals surface area contributed by atoms with Crippen LogP contribution in [-0.4, -0.2) is 24.4 Å². The minimum Gasteiger partial charge on any atom is -0.353 e.